The summed E-state index contributed by atoms with van der Waals surface area (Å²) >= 11 is 0. The number of anilines is 1. The van der Waals surface area contributed by atoms with Gasteiger partial charge in [0.05, 0.1) is 17.9 Å². The molecular weight excluding hydrogens is 446 g/mol. The molecule has 1 fully saturated rings. The Morgan fingerprint density at radius 1 is 0.972 bits per heavy atom. The summed E-state index contributed by atoms with van der Waals surface area (Å²) < 4.78 is 2.09. The fraction of sp³-hybridized carbons (Fsp3) is 0.467. The third-order valence-electron chi connectivity index (χ3n) is 7.27. The minimum Gasteiger partial charge on any atom is -0.354 e. The number of carbonyl (C=O) groups is 1. The van der Waals surface area contributed by atoms with Crippen molar-refractivity contribution in [2.75, 3.05) is 44.2 Å². The molecule has 0 atom stereocenters. The Balaban J connectivity index is 1.74. The normalized spacial score (nSPS) is 14.4. The van der Waals surface area contributed by atoms with Gasteiger partial charge in [-0.15, -0.1) is 0 Å². The minimum absolute atomic E-state index is 0.0994. The van der Waals surface area contributed by atoms with Crippen molar-refractivity contribution in [2.24, 2.45) is 5.92 Å². The van der Waals surface area contributed by atoms with Crippen LogP contribution in [0.5, 0.6) is 0 Å². The second kappa shape index (κ2) is 11.7. The second-order valence-corrected chi connectivity index (χ2v) is 10.3. The van der Waals surface area contributed by atoms with E-state index < -0.39 is 0 Å². The number of para-hydroxylation sites is 1. The standard InChI is InChI=1S/C30H41N5O/c1-6-32-18-20-33(21-19-32)29-28(25(5)31-35(29)26-13-8-7-9-14-26)22-34(17-16-23(2)3)30(36)27-15-11-10-12-24(27)4/h7-15,23H,6,16-22H2,1-5H3. The molecule has 0 unspecified atom stereocenters. The zero-order valence-electron chi connectivity index (χ0n) is 22.6. The van der Waals surface area contributed by atoms with Gasteiger partial charge in [-0.2, -0.15) is 5.10 Å². The van der Waals surface area contributed by atoms with Crippen LogP contribution in [0.3, 0.4) is 0 Å². The quantitative estimate of drug-likeness (QED) is 0.410. The van der Waals surface area contributed by atoms with Gasteiger partial charge in [-0.1, -0.05) is 57.2 Å². The molecule has 0 radical (unpaired) electrons. The van der Waals surface area contributed by atoms with Gasteiger partial charge in [0, 0.05) is 43.9 Å². The number of benzene rings is 2. The zero-order chi connectivity index (χ0) is 25.7. The van der Waals surface area contributed by atoms with E-state index >= 15 is 0 Å². The predicted molar refractivity (Wildman–Crippen MR) is 148 cm³/mol. The van der Waals surface area contributed by atoms with Crippen LogP contribution in [0.25, 0.3) is 5.69 Å². The van der Waals surface area contributed by atoms with E-state index in [2.05, 4.69) is 66.4 Å². The lowest BCUT2D eigenvalue weighted by Gasteiger charge is -2.36. The van der Waals surface area contributed by atoms with Crippen LogP contribution < -0.4 is 4.90 Å². The van der Waals surface area contributed by atoms with Gasteiger partial charge in [-0.05, 0) is 56.5 Å². The summed E-state index contributed by atoms with van der Waals surface area (Å²) in [6.07, 6.45) is 0.966. The highest BCUT2D eigenvalue weighted by Crippen LogP contribution is 2.30. The highest BCUT2D eigenvalue weighted by Gasteiger charge is 2.28. The van der Waals surface area contributed by atoms with Crippen molar-refractivity contribution in [2.45, 2.75) is 47.6 Å². The zero-order valence-corrected chi connectivity index (χ0v) is 22.6. The summed E-state index contributed by atoms with van der Waals surface area (Å²) in [4.78, 5) is 20.8. The van der Waals surface area contributed by atoms with Gasteiger partial charge in [0.15, 0.2) is 0 Å². The summed E-state index contributed by atoms with van der Waals surface area (Å²) in [5.41, 5.74) is 4.99. The second-order valence-electron chi connectivity index (χ2n) is 10.3. The molecule has 0 N–H and O–H groups in total. The number of amides is 1. The molecule has 36 heavy (non-hydrogen) atoms. The summed E-state index contributed by atoms with van der Waals surface area (Å²) in [6.45, 7) is 17.1. The van der Waals surface area contributed by atoms with Crippen molar-refractivity contribution in [3.05, 3.63) is 77.0 Å². The molecule has 0 aliphatic carbocycles. The fourth-order valence-electron chi connectivity index (χ4n) is 4.92. The lowest BCUT2D eigenvalue weighted by Crippen LogP contribution is -2.47. The van der Waals surface area contributed by atoms with Gasteiger partial charge in [-0.3, -0.25) is 4.79 Å². The average Bonchev–Trinajstić information content (AvgIpc) is 3.22. The van der Waals surface area contributed by atoms with Crippen LogP contribution in [-0.2, 0) is 6.54 Å². The molecule has 2 heterocycles. The first kappa shape index (κ1) is 26.0. The number of hydrogen-bond donors (Lipinski definition) is 0. The number of carbonyl (C=O) groups excluding carboxylic acids is 1. The topological polar surface area (TPSA) is 44.6 Å². The fourth-order valence-corrected chi connectivity index (χ4v) is 4.92. The molecule has 6 heteroatoms. The number of likely N-dealkylation sites (N-methyl/N-ethyl adjacent to an activating group) is 1. The molecule has 192 valence electrons. The van der Waals surface area contributed by atoms with E-state index in [0.717, 1.165) is 79.6 Å². The lowest BCUT2D eigenvalue weighted by atomic mass is 10.1. The number of nitrogens with zero attached hydrogens (tertiary/aromatic N) is 5. The van der Waals surface area contributed by atoms with Crippen molar-refractivity contribution in [1.82, 2.24) is 19.6 Å². The van der Waals surface area contributed by atoms with Gasteiger partial charge < -0.3 is 14.7 Å². The Bertz CT molecular complexity index is 1150. The molecule has 1 aliphatic heterocycles. The molecule has 1 aliphatic rings. The number of piperazine rings is 1. The van der Waals surface area contributed by atoms with Gasteiger partial charge in [0.25, 0.3) is 5.91 Å². The van der Waals surface area contributed by atoms with E-state index in [-0.39, 0.29) is 5.91 Å². The molecular formula is C30H41N5O. The maximum absolute atomic E-state index is 13.8. The molecule has 0 bridgehead atoms. The molecule has 1 amide bonds. The van der Waals surface area contributed by atoms with Crippen molar-refractivity contribution in [3.63, 3.8) is 0 Å². The maximum atomic E-state index is 13.8. The van der Waals surface area contributed by atoms with E-state index in [9.17, 15) is 4.79 Å². The predicted octanol–water partition coefficient (Wildman–Crippen LogP) is 5.32. The van der Waals surface area contributed by atoms with E-state index in [1.165, 1.54) is 0 Å². The molecule has 1 saturated heterocycles. The maximum Gasteiger partial charge on any atom is 0.254 e. The van der Waals surface area contributed by atoms with Crippen LogP contribution >= 0.6 is 0 Å². The summed E-state index contributed by atoms with van der Waals surface area (Å²) in [5.74, 6) is 1.75. The van der Waals surface area contributed by atoms with Gasteiger partial charge in [0.2, 0.25) is 0 Å². The third kappa shape index (κ3) is 5.81. The highest BCUT2D eigenvalue weighted by atomic mass is 16.2. The molecule has 3 aromatic rings. The van der Waals surface area contributed by atoms with Crippen LogP contribution in [0, 0.1) is 19.8 Å². The van der Waals surface area contributed by atoms with E-state index in [1.807, 2.05) is 42.2 Å². The SMILES string of the molecule is CCN1CCN(c2c(CN(CCC(C)C)C(=O)c3ccccc3C)c(C)nn2-c2ccccc2)CC1. The van der Waals surface area contributed by atoms with E-state index in [4.69, 9.17) is 5.10 Å². The van der Waals surface area contributed by atoms with Crippen LogP contribution in [-0.4, -0.2) is 64.8 Å². The summed E-state index contributed by atoms with van der Waals surface area (Å²) in [5, 5.41) is 5.02. The van der Waals surface area contributed by atoms with E-state index in [0.29, 0.717) is 12.5 Å². The average molecular weight is 488 g/mol. The van der Waals surface area contributed by atoms with Gasteiger partial charge in [0.1, 0.15) is 5.82 Å². The number of aryl methyl sites for hydroxylation is 2. The first-order valence-electron chi connectivity index (χ1n) is 13.3. The summed E-state index contributed by atoms with van der Waals surface area (Å²) in [6, 6.07) is 18.3. The Labute approximate surface area is 216 Å². The molecule has 6 nitrogen and oxygen atoms in total. The lowest BCUT2D eigenvalue weighted by molar-refractivity contribution is 0.0734. The van der Waals surface area contributed by atoms with Crippen LogP contribution in [0.2, 0.25) is 0 Å². The Kier molecular flexibility index (Phi) is 8.47. The number of aromatic nitrogens is 2. The molecule has 0 saturated carbocycles. The first-order valence-corrected chi connectivity index (χ1v) is 13.3. The highest BCUT2D eigenvalue weighted by molar-refractivity contribution is 5.95. The minimum atomic E-state index is 0.0994. The molecule has 4 rings (SSSR count). The van der Waals surface area contributed by atoms with Gasteiger partial charge in [-0.25, -0.2) is 4.68 Å². The Morgan fingerprint density at radius 3 is 2.28 bits per heavy atom. The third-order valence-corrected chi connectivity index (χ3v) is 7.27. The Morgan fingerprint density at radius 2 is 1.64 bits per heavy atom. The Hall–Kier alpha value is -3.12. The smallest absolute Gasteiger partial charge is 0.254 e. The van der Waals surface area contributed by atoms with Crippen molar-refractivity contribution in [3.8, 4) is 5.69 Å². The molecule has 0 spiro atoms. The molecule has 2 aromatic carbocycles. The monoisotopic (exact) mass is 487 g/mol. The van der Waals surface area contributed by atoms with Crippen LogP contribution in [0.4, 0.5) is 5.82 Å². The largest absolute Gasteiger partial charge is 0.354 e. The molecule has 1 aromatic heterocycles. The van der Waals surface area contributed by atoms with Crippen LogP contribution in [0.1, 0.15) is 54.4 Å². The first-order chi connectivity index (χ1) is 17.4. The van der Waals surface area contributed by atoms with Crippen molar-refractivity contribution in [1.29, 1.82) is 0 Å². The van der Waals surface area contributed by atoms with Crippen LogP contribution in [0.15, 0.2) is 54.6 Å². The van der Waals surface area contributed by atoms with Crippen molar-refractivity contribution >= 4 is 11.7 Å². The van der Waals surface area contributed by atoms with Gasteiger partial charge >= 0.3 is 0 Å². The number of hydrogen-bond acceptors (Lipinski definition) is 4. The summed E-state index contributed by atoms with van der Waals surface area (Å²) in [7, 11) is 0. The number of rotatable bonds is 9. The van der Waals surface area contributed by atoms with E-state index in [1.54, 1.807) is 0 Å². The van der Waals surface area contributed by atoms with Crippen molar-refractivity contribution < 1.29 is 4.79 Å².